The van der Waals surface area contributed by atoms with Crippen LogP contribution < -0.4 is 4.90 Å². The molecule has 2 unspecified atom stereocenters. The maximum atomic E-state index is 12.6. The largest absolute Gasteiger partial charge is 0.393 e. The van der Waals surface area contributed by atoms with E-state index in [2.05, 4.69) is 4.98 Å². The Morgan fingerprint density at radius 3 is 2.71 bits per heavy atom. The molecule has 1 aliphatic rings. The average Bonchev–Trinajstić information content (AvgIpc) is 2.48. The van der Waals surface area contributed by atoms with Gasteiger partial charge in [0.25, 0.3) is 5.91 Å². The van der Waals surface area contributed by atoms with Crippen LogP contribution in [0.25, 0.3) is 0 Å². The first kappa shape index (κ1) is 15.8. The third-order valence-electron chi connectivity index (χ3n) is 4.16. The van der Waals surface area contributed by atoms with Crippen molar-refractivity contribution >= 4 is 11.7 Å². The van der Waals surface area contributed by atoms with Crippen molar-refractivity contribution in [2.75, 3.05) is 32.6 Å². The molecule has 0 aliphatic heterocycles. The quantitative estimate of drug-likeness (QED) is 0.918. The van der Waals surface area contributed by atoms with E-state index in [-0.39, 0.29) is 17.9 Å². The van der Waals surface area contributed by atoms with E-state index in [1.54, 1.807) is 30.3 Å². The topological polar surface area (TPSA) is 56.7 Å². The first-order valence-corrected chi connectivity index (χ1v) is 7.56. The summed E-state index contributed by atoms with van der Waals surface area (Å²) in [4.78, 5) is 20.5. The highest BCUT2D eigenvalue weighted by molar-refractivity contribution is 5.98. The molecule has 2 rings (SSSR count). The lowest BCUT2D eigenvalue weighted by molar-refractivity contribution is 0.0451. The molecule has 1 fully saturated rings. The molecule has 1 saturated carbocycles. The van der Waals surface area contributed by atoms with E-state index in [0.717, 1.165) is 25.7 Å². The Hall–Kier alpha value is -1.62. The van der Waals surface area contributed by atoms with Gasteiger partial charge in [-0.1, -0.05) is 12.8 Å². The molecule has 5 nitrogen and oxygen atoms in total. The summed E-state index contributed by atoms with van der Waals surface area (Å²) >= 11 is 0. The molecule has 0 spiro atoms. The summed E-state index contributed by atoms with van der Waals surface area (Å²) in [7, 11) is 5.56. The fourth-order valence-corrected chi connectivity index (χ4v) is 2.96. The molecule has 2 atom stereocenters. The van der Waals surface area contributed by atoms with E-state index in [9.17, 15) is 9.90 Å². The molecule has 1 aliphatic carbocycles. The highest BCUT2D eigenvalue weighted by Crippen LogP contribution is 2.26. The smallest absolute Gasteiger partial charge is 0.257 e. The monoisotopic (exact) mass is 291 g/mol. The predicted molar refractivity (Wildman–Crippen MR) is 83.5 cm³/mol. The number of anilines is 1. The molecule has 0 saturated heterocycles. The molecule has 0 radical (unpaired) electrons. The second kappa shape index (κ2) is 6.89. The SMILES string of the molecule is CN(CC1CCCCC1O)C(=O)c1cccnc1N(C)C. The summed E-state index contributed by atoms with van der Waals surface area (Å²) in [5.74, 6) is 0.829. The maximum absolute atomic E-state index is 12.6. The Bertz CT molecular complexity index is 490. The summed E-state index contributed by atoms with van der Waals surface area (Å²) in [5, 5.41) is 10.1. The normalized spacial score (nSPS) is 21.9. The van der Waals surface area contributed by atoms with Gasteiger partial charge in [-0.25, -0.2) is 4.98 Å². The highest BCUT2D eigenvalue weighted by atomic mass is 16.3. The number of rotatable bonds is 4. The van der Waals surface area contributed by atoms with Crippen molar-refractivity contribution in [1.82, 2.24) is 9.88 Å². The van der Waals surface area contributed by atoms with Crippen LogP contribution in [0.4, 0.5) is 5.82 Å². The minimum Gasteiger partial charge on any atom is -0.393 e. The molecule has 0 bridgehead atoms. The number of aromatic nitrogens is 1. The van der Waals surface area contributed by atoms with E-state index in [4.69, 9.17) is 0 Å². The van der Waals surface area contributed by atoms with E-state index in [1.807, 2.05) is 19.0 Å². The second-order valence-electron chi connectivity index (χ2n) is 6.07. The molecule has 1 heterocycles. The van der Waals surface area contributed by atoms with Crippen molar-refractivity contribution in [1.29, 1.82) is 0 Å². The van der Waals surface area contributed by atoms with Crippen LogP contribution in [-0.4, -0.2) is 54.7 Å². The fraction of sp³-hybridized carbons (Fsp3) is 0.625. The van der Waals surface area contributed by atoms with Gasteiger partial charge in [0, 0.05) is 39.8 Å². The molecule has 1 N–H and O–H groups in total. The van der Waals surface area contributed by atoms with Crippen molar-refractivity contribution < 1.29 is 9.90 Å². The second-order valence-corrected chi connectivity index (χ2v) is 6.07. The number of carbonyl (C=O) groups excluding carboxylic acids is 1. The lowest BCUT2D eigenvalue weighted by Crippen LogP contribution is -2.38. The van der Waals surface area contributed by atoms with Gasteiger partial charge in [0.15, 0.2) is 0 Å². The standard InChI is InChI=1S/C16H25N3O2/c1-18(2)15-13(8-6-10-17-15)16(21)19(3)11-12-7-4-5-9-14(12)20/h6,8,10,12,14,20H,4-5,7,9,11H2,1-3H3. The molecule has 0 aromatic carbocycles. The first-order chi connectivity index (χ1) is 10.0. The van der Waals surface area contributed by atoms with Gasteiger partial charge in [-0.2, -0.15) is 0 Å². The molecule has 116 valence electrons. The van der Waals surface area contributed by atoms with Gasteiger partial charge in [0.05, 0.1) is 11.7 Å². The summed E-state index contributed by atoms with van der Waals surface area (Å²) in [6.07, 6.45) is 5.48. The van der Waals surface area contributed by atoms with E-state index in [1.165, 1.54) is 0 Å². The first-order valence-electron chi connectivity index (χ1n) is 7.56. The van der Waals surface area contributed by atoms with E-state index >= 15 is 0 Å². The summed E-state index contributed by atoms with van der Waals surface area (Å²) in [6.45, 7) is 0.599. The average molecular weight is 291 g/mol. The maximum Gasteiger partial charge on any atom is 0.257 e. The van der Waals surface area contributed by atoms with Crippen molar-refractivity contribution in [2.45, 2.75) is 31.8 Å². The van der Waals surface area contributed by atoms with Gasteiger partial charge in [-0.15, -0.1) is 0 Å². The van der Waals surface area contributed by atoms with Crippen molar-refractivity contribution in [3.8, 4) is 0 Å². The predicted octanol–water partition coefficient (Wildman–Crippen LogP) is 1.77. The number of pyridine rings is 1. The van der Waals surface area contributed by atoms with Crippen LogP contribution in [0.15, 0.2) is 18.3 Å². The Kier molecular flexibility index (Phi) is 5.17. The highest BCUT2D eigenvalue weighted by Gasteiger charge is 2.27. The lowest BCUT2D eigenvalue weighted by Gasteiger charge is -2.31. The van der Waals surface area contributed by atoms with Gasteiger partial charge >= 0.3 is 0 Å². The zero-order valence-electron chi connectivity index (χ0n) is 13.1. The number of aliphatic hydroxyl groups excluding tert-OH is 1. The van der Waals surface area contributed by atoms with Crippen LogP contribution in [-0.2, 0) is 0 Å². The van der Waals surface area contributed by atoms with Crippen LogP contribution >= 0.6 is 0 Å². The van der Waals surface area contributed by atoms with Crippen LogP contribution in [0.1, 0.15) is 36.0 Å². The van der Waals surface area contributed by atoms with Gasteiger partial charge in [0.1, 0.15) is 5.82 Å². The van der Waals surface area contributed by atoms with Crippen molar-refractivity contribution in [3.63, 3.8) is 0 Å². The minimum absolute atomic E-state index is 0.0374. The molecule has 5 heteroatoms. The fourth-order valence-electron chi connectivity index (χ4n) is 2.96. The van der Waals surface area contributed by atoms with E-state index in [0.29, 0.717) is 17.9 Å². The minimum atomic E-state index is -0.281. The van der Waals surface area contributed by atoms with Gasteiger partial charge < -0.3 is 14.9 Å². The van der Waals surface area contributed by atoms with Crippen LogP contribution in [0, 0.1) is 5.92 Å². The van der Waals surface area contributed by atoms with Crippen molar-refractivity contribution in [2.24, 2.45) is 5.92 Å². The third-order valence-corrected chi connectivity index (χ3v) is 4.16. The zero-order chi connectivity index (χ0) is 15.4. The lowest BCUT2D eigenvalue weighted by atomic mass is 9.86. The van der Waals surface area contributed by atoms with Gasteiger partial charge in [0.2, 0.25) is 0 Å². The van der Waals surface area contributed by atoms with Crippen LogP contribution in [0.3, 0.4) is 0 Å². The van der Waals surface area contributed by atoms with Crippen LogP contribution in [0.5, 0.6) is 0 Å². The number of carbonyl (C=O) groups is 1. The number of aliphatic hydroxyl groups is 1. The van der Waals surface area contributed by atoms with Gasteiger partial charge in [-0.05, 0) is 25.0 Å². The van der Waals surface area contributed by atoms with E-state index < -0.39 is 0 Å². The number of hydrogen-bond acceptors (Lipinski definition) is 4. The third kappa shape index (κ3) is 3.73. The van der Waals surface area contributed by atoms with Crippen LogP contribution in [0.2, 0.25) is 0 Å². The molecule has 1 amide bonds. The Morgan fingerprint density at radius 2 is 2.05 bits per heavy atom. The van der Waals surface area contributed by atoms with Crippen molar-refractivity contribution in [3.05, 3.63) is 23.9 Å². The Morgan fingerprint density at radius 1 is 1.33 bits per heavy atom. The number of hydrogen-bond donors (Lipinski definition) is 1. The van der Waals surface area contributed by atoms with Gasteiger partial charge in [-0.3, -0.25) is 4.79 Å². The summed E-state index contributed by atoms with van der Waals surface area (Å²) < 4.78 is 0. The molecule has 1 aromatic heterocycles. The zero-order valence-corrected chi connectivity index (χ0v) is 13.1. The molecular weight excluding hydrogens is 266 g/mol. The number of amides is 1. The number of nitrogens with zero attached hydrogens (tertiary/aromatic N) is 3. The summed E-state index contributed by atoms with van der Waals surface area (Å²) in [5.41, 5.74) is 0.607. The summed E-state index contributed by atoms with van der Waals surface area (Å²) in [6, 6.07) is 3.59. The molecule has 1 aromatic rings. The molecule has 21 heavy (non-hydrogen) atoms. The Labute approximate surface area is 126 Å². The molecular formula is C16H25N3O2. The Balaban J connectivity index is 2.09.